The SMILES string of the molecule is CN(C)CCCCNC(=O)c1cn2c3c(c(NCCN4CCCC4)ccc3c1=O)Oc1cc3ccccc3cc1-2. The highest BCUT2D eigenvalue weighted by Gasteiger charge is 2.27. The molecule has 2 aliphatic rings. The van der Waals surface area contributed by atoms with Gasteiger partial charge in [-0.1, -0.05) is 24.3 Å². The summed E-state index contributed by atoms with van der Waals surface area (Å²) in [7, 11) is 4.07. The molecule has 0 spiro atoms. The number of nitrogens with zero attached hydrogens (tertiary/aromatic N) is 3. The molecule has 208 valence electrons. The maximum atomic E-state index is 13.7. The molecule has 6 rings (SSSR count). The summed E-state index contributed by atoms with van der Waals surface area (Å²) in [5.74, 6) is 0.970. The Bertz CT molecular complexity index is 1620. The van der Waals surface area contributed by atoms with E-state index in [1.165, 1.54) is 12.8 Å². The molecule has 0 bridgehead atoms. The third kappa shape index (κ3) is 5.17. The van der Waals surface area contributed by atoms with Crippen LogP contribution in [0.1, 0.15) is 36.0 Å². The summed E-state index contributed by atoms with van der Waals surface area (Å²) in [5.41, 5.74) is 2.19. The van der Waals surface area contributed by atoms with Gasteiger partial charge in [-0.05, 0) is 94.5 Å². The van der Waals surface area contributed by atoms with Gasteiger partial charge in [0.1, 0.15) is 11.1 Å². The van der Waals surface area contributed by atoms with Gasteiger partial charge in [0, 0.05) is 25.8 Å². The normalized spacial score (nSPS) is 14.5. The van der Waals surface area contributed by atoms with Crippen LogP contribution in [0, 0.1) is 0 Å². The predicted octanol–water partition coefficient (Wildman–Crippen LogP) is 4.83. The van der Waals surface area contributed by atoms with E-state index in [2.05, 4.69) is 38.6 Å². The number of ether oxygens (including phenoxy) is 1. The summed E-state index contributed by atoms with van der Waals surface area (Å²) in [4.78, 5) is 31.5. The van der Waals surface area contributed by atoms with Crippen LogP contribution in [0.2, 0.25) is 0 Å². The second-order valence-corrected chi connectivity index (χ2v) is 11.1. The summed E-state index contributed by atoms with van der Waals surface area (Å²) < 4.78 is 8.50. The van der Waals surface area contributed by atoms with Crippen LogP contribution < -0.4 is 20.8 Å². The van der Waals surface area contributed by atoms with Crippen LogP contribution in [0.25, 0.3) is 27.4 Å². The minimum absolute atomic E-state index is 0.141. The number of hydrogen-bond acceptors (Lipinski definition) is 6. The van der Waals surface area contributed by atoms with Crippen LogP contribution in [0.15, 0.2) is 59.5 Å². The van der Waals surface area contributed by atoms with Gasteiger partial charge in [-0.25, -0.2) is 0 Å². The van der Waals surface area contributed by atoms with Gasteiger partial charge in [0.25, 0.3) is 5.91 Å². The van der Waals surface area contributed by atoms with Crippen molar-refractivity contribution in [3.8, 4) is 17.2 Å². The van der Waals surface area contributed by atoms with Crippen LogP contribution in [0.5, 0.6) is 11.5 Å². The lowest BCUT2D eigenvalue weighted by atomic mass is 10.0. The lowest BCUT2D eigenvalue weighted by molar-refractivity contribution is 0.0951. The lowest BCUT2D eigenvalue weighted by Gasteiger charge is -2.26. The first-order chi connectivity index (χ1) is 19.5. The highest BCUT2D eigenvalue weighted by Crippen LogP contribution is 2.45. The molecule has 40 heavy (non-hydrogen) atoms. The number of fused-ring (bicyclic) bond motifs is 3. The number of aromatic nitrogens is 1. The van der Waals surface area contributed by atoms with E-state index < -0.39 is 0 Å². The van der Waals surface area contributed by atoms with Crippen molar-refractivity contribution in [3.05, 3.63) is 70.5 Å². The number of hydrogen-bond donors (Lipinski definition) is 2. The molecule has 1 saturated heterocycles. The largest absolute Gasteiger partial charge is 0.451 e. The van der Waals surface area contributed by atoms with Crippen molar-refractivity contribution < 1.29 is 9.53 Å². The van der Waals surface area contributed by atoms with Crippen molar-refractivity contribution in [1.29, 1.82) is 0 Å². The number of likely N-dealkylation sites (tertiary alicyclic amines) is 1. The smallest absolute Gasteiger partial charge is 0.256 e. The quantitative estimate of drug-likeness (QED) is 0.248. The lowest BCUT2D eigenvalue weighted by Crippen LogP contribution is -2.31. The Labute approximate surface area is 234 Å². The molecule has 2 N–H and O–H groups in total. The second-order valence-electron chi connectivity index (χ2n) is 11.1. The van der Waals surface area contributed by atoms with Crippen molar-refractivity contribution in [2.24, 2.45) is 0 Å². The molecule has 8 heteroatoms. The first-order valence-corrected chi connectivity index (χ1v) is 14.3. The minimum atomic E-state index is -0.344. The molecule has 0 unspecified atom stereocenters. The number of anilines is 1. The van der Waals surface area contributed by atoms with Gasteiger partial charge in [0.2, 0.25) is 5.43 Å². The number of amides is 1. The fraction of sp³-hybridized carbons (Fsp3) is 0.375. The Balaban J connectivity index is 1.39. The highest BCUT2D eigenvalue weighted by molar-refractivity contribution is 6.01. The topological polar surface area (TPSA) is 78.8 Å². The first kappa shape index (κ1) is 26.3. The molecule has 1 amide bonds. The van der Waals surface area contributed by atoms with E-state index in [9.17, 15) is 9.59 Å². The number of unbranched alkanes of at least 4 members (excludes halogenated alkanes) is 1. The number of carbonyl (C=O) groups excluding carboxylic acids is 1. The average molecular weight is 540 g/mol. The van der Waals surface area contributed by atoms with Crippen molar-refractivity contribution in [1.82, 2.24) is 19.7 Å². The third-order valence-corrected chi connectivity index (χ3v) is 7.92. The monoisotopic (exact) mass is 539 g/mol. The zero-order valence-electron chi connectivity index (χ0n) is 23.3. The summed E-state index contributed by atoms with van der Waals surface area (Å²) in [6.07, 6.45) is 6.03. The van der Waals surface area contributed by atoms with Crippen LogP contribution in [0.4, 0.5) is 5.69 Å². The van der Waals surface area contributed by atoms with Crippen molar-refractivity contribution in [2.45, 2.75) is 25.7 Å². The summed E-state index contributed by atoms with van der Waals surface area (Å²) in [6, 6.07) is 16.0. The van der Waals surface area contributed by atoms with Gasteiger partial charge in [-0.2, -0.15) is 0 Å². The maximum absolute atomic E-state index is 13.7. The summed E-state index contributed by atoms with van der Waals surface area (Å²) in [6.45, 7) is 5.51. The molecule has 3 aromatic carbocycles. The fourth-order valence-corrected chi connectivity index (χ4v) is 5.78. The van der Waals surface area contributed by atoms with Gasteiger partial charge < -0.3 is 29.7 Å². The highest BCUT2D eigenvalue weighted by atomic mass is 16.5. The number of benzene rings is 3. The predicted molar refractivity (Wildman–Crippen MR) is 161 cm³/mol. The van der Waals surface area contributed by atoms with Gasteiger partial charge in [-0.15, -0.1) is 0 Å². The van der Waals surface area contributed by atoms with Crippen LogP contribution >= 0.6 is 0 Å². The van der Waals surface area contributed by atoms with Crippen molar-refractivity contribution >= 4 is 33.3 Å². The van der Waals surface area contributed by atoms with Gasteiger partial charge in [-0.3, -0.25) is 9.59 Å². The Morgan fingerprint density at radius 3 is 2.55 bits per heavy atom. The molecule has 0 saturated carbocycles. The van der Waals surface area contributed by atoms with E-state index in [4.69, 9.17) is 4.74 Å². The van der Waals surface area contributed by atoms with Gasteiger partial charge >= 0.3 is 0 Å². The van der Waals surface area contributed by atoms with Gasteiger partial charge in [0.15, 0.2) is 11.5 Å². The molecular formula is C32H37N5O3. The first-order valence-electron chi connectivity index (χ1n) is 14.3. The molecule has 3 heterocycles. The third-order valence-electron chi connectivity index (χ3n) is 7.92. The zero-order chi connectivity index (χ0) is 27.6. The molecule has 0 radical (unpaired) electrons. The van der Waals surface area contributed by atoms with E-state index in [-0.39, 0.29) is 16.9 Å². The molecule has 0 aliphatic carbocycles. The molecule has 0 atom stereocenters. The van der Waals surface area contributed by atoms with E-state index in [1.807, 2.05) is 49.0 Å². The van der Waals surface area contributed by atoms with Crippen LogP contribution in [-0.4, -0.2) is 73.6 Å². The molecule has 2 aliphatic heterocycles. The summed E-state index contributed by atoms with van der Waals surface area (Å²) >= 11 is 0. The standard InChI is InChI=1S/C32H37N5O3/c1-35(2)15-6-5-13-34-32(39)25-21-37-27-19-22-9-3-4-10-23(22)20-28(27)40-31-26(12-11-24(29(31)37)30(25)38)33-14-18-36-16-7-8-17-36/h3-4,9-12,19-21,33H,5-8,13-18H2,1-2H3,(H,34,39). The molecule has 4 aromatic rings. The Morgan fingerprint density at radius 1 is 1.00 bits per heavy atom. The Hall–Kier alpha value is -3.88. The van der Waals surface area contributed by atoms with Crippen LogP contribution in [0.3, 0.4) is 0 Å². The average Bonchev–Trinajstić information content (AvgIpc) is 3.47. The number of rotatable bonds is 10. The van der Waals surface area contributed by atoms with E-state index in [1.54, 1.807) is 6.20 Å². The number of carbonyl (C=O) groups is 1. The summed E-state index contributed by atoms with van der Waals surface area (Å²) in [5, 5.41) is 9.12. The van der Waals surface area contributed by atoms with Gasteiger partial charge in [0.05, 0.1) is 16.8 Å². The second kappa shape index (κ2) is 11.3. The number of nitrogens with one attached hydrogen (secondary N) is 2. The van der Waals surface area contributed by atoms with Crippen LogP contribution in [-0.2, 0) is 0 Å². The maximum Gasteiger partial charge on any atom is 0.256 e. The minimum Gasteiger partial charge on any atom is -0.451 e. The van der Waals surface area contributed by atoms with Crippen molar-refractivity contribution in [3.63, 3.8) is 0 Å². The molecule has 8 nitrogen and oxygen atoms in total. The van der Waals surface area contributed by atoms with E-state index in [0.29, 0.717) is 28.9 Å². The number of pyridine rings is 1. The van der Waals surface area contributed by atoms with E-state index in [0.717, 1.165) is 67.7 Å². The zero-order valence-corrected chi connectivity index (χ0v) is 23.3. The Kier molecular flexibility index (Phi) is 7.45. The van der Waals surface area contributed by atoms with Crippen molar-refractivity contribution in [2.75, 3.05) is 58.7 Å². The Morgan fingerprint density at radius 2 is 1.77 bits per heavy atom. The molecular weight excluding hydrogens is 502 g/mol. The fourth-order valence-electron chi connectivity index (χ4n) is 5.78. The van der Waals surface area contributed by atoms with E-state index >= 15 is 0 Å². The molecule has 1 aromatic heterocycles. The molecule has 1 fully saturated rings.